The Morgan fingerprint density at radius 3 is 2.36 bits per heavy atom. The highest BCUT2D eigenvalue weighted by molar-refractivity contribution is 5.81. The maximum atomic E-state index is 12.2. The molecule has 7 heteroatoms. The van der Waals surface area contributed by atoms with Crippen molar-refractivity contribution < 1.29 is 24.6 Å². The first kappa shape index (κ1) is 18.8. The van der Waals surface area contributed by atoms with Crippen molar-refractivity contribution in [3.05, 3.63) is 29.8 Å². The Balaban J connectivity index is 1.79. The molecule has 0 atom stereocenters. The van der Waals surface area contributed by atoms with Crippen LogP contribution in [0.3, 0.4) is 0 Å². The summed E-state index contributed by atoms with van der Waals surface area (Å²) in [6.07, 6.45) is 3.13. The summed E-state index contributed by atoms with van der Waals surface area (Å²) in [5.74, 6) is -1.74. The molecule has 4 N–H and O–H groups in total. The van der Waals surface area contributed by atoms with Crippen LogP contribution >= 0.6 is 0 Å². The van der Waals surface area contributed by atoms with Gasteiger partial charge in [0.2, 0.25) is 5.91 Å². The summed E-state index contributed by atoms with van der Waals surface area (Å²) < 4.78 is 0. The highest BCUT2D eigenvalue weighted by Gasteiger charge is 2.26. The number of carbonyl (C=O) groups excluding carboxylic acids is 1. The number of nitrogens with one attached hydrogen (secondary N) is 2. The number of carbonyl (C=O) groups is 3. The Bertz CT molecular complexity index is 624. The van der Waals surface area contributed by atoms with Crippen molar-refractivity contribution in [2.45, 2.75) is 32.1 Å². The van der Waals surface area contributed by atoms with E-state index >= 15 is 0 Å². The van der Waals surface area contributed by atoms with Crippen LogP contribution < -0.4 is 10.6 Å². The Kier molecular flexibility index (Phi) is 6.80. The second-order valence-electron chi connectivity index (χ2n) is 6.44. The monoisotopic (exact) mass is 348 g/mol. The molecule has 7 nitrogen and oxygen atoms in total. The molecule has 0 spiro atoms. The maximum absolute atomic E-state index is 12.2. The summed E-state index contributed by atoms with van der Waals surface area (Å²) in [6, 6.07) is 7.13. The standard InChI is InChI=1S/C18H24N2O5/c21-16(20-10-12-5-7-13(8-6-12)18(24)25)9-14-3-1-2-4-15(14)19-11-17(22)23/h1-4,12-13,19H,5-11H2,(H,20,21)(H,22,23)(H,24,25)/t12-,13-. The number of carboxylic acid groups (broad SMARTS) is 2. The zero-order chi connectivity index (χ0) is 18.2. The molecule has 1 saturated carbocycles. The number of amides is 1. The SMILES string of the molecule is O=C(O)CNc1ccccc1CC(=O)NC[C@H]1CC[C@H](C(=O)O)CC1. The van der Waals surface area contributed by atoms with Gasteiger partial charge in [-0.2, -0.15) is 0 Å². The van der Waals surface area contributed by atoms with Gasteiger partial charge in [0.1, 0.15) is 6.54 Å². The van der Waals surface area contributed by atoms with Crippen molar-refractivity contribution in [1.82, 2.24) is 5.32 Å². The van der Waals surface area contributed by atoms with E-state index in [-0.39, 0.29) is 24.8 Å². The summed E-state index contributed by atoms with van der Waals surface area (Å²) >= 11 is 0. The van der Waals surface area contributed by atoms with Crippen molar-refractivity contribution in [1.29, 1.82) is 0 Å². The first-order valence-electron chi connectivity index (χ1n) is 8.48. The third-order valence-corrected chi connectivity index (χ3v) is 4.58. The Labute approximate surface area is 146 Å². The number of para-hydroxylation sites is 1. The molecule has 1 fully saturated rings. The molecule has 0 aromatic heterocycles. The van der Waals surface area contributed by atoms with Crippen molar-refractivity contribution in [2.24, 2.45) is 11.8 Å². The van der Waals surface area contributed by atoms with Gasteiger partial charge in [-0.25, -0.2) is 0 Å². The number of carboxylic acids is 2. The van der Waals surface area contributed by atoms with Gasteiger partial charge in [0.25, 0.3) is 0 Å². The van der Waals surface area contributed by atoms with E-state index < -0.39 is 11.9 Å². The Hall–Kier alpha value is -2.57. The molecule has 0 saturated heterocycles. The van der Waals surface area contributed by atoms with Crippen molar-refractivity contribution >= 4 is 23.5 Å². The average molecular weight is 348 g/mol. The lowest BCUT2D eigenvalue weighted by molar-refractivity contribution is -0.143. The van der Waals surface area contributed by atoms with Crippen molar-refractivity contribution in [2.75, 3.05) is 18.4 Å². The zero-order valence-electron chi connectivity index (χ0n) is 14.0. The molecule has 0 aliphatic heterocycles. The van der Waals surface area contributed by atoms with Crippen LogP contribution in [0.25, 0.3) is 0 Å². The predicted octanol–water partition coefficient (Wildman–Crippen LogP) is 1.73. The molecule has 1 amide bonds. The van der Waals surface area contributed by atoms with Gasteiger partial charge >= 0.3 is 11.9 Å². The normalized spacial score (nSPS) is 19.8. The van der Waals surface area contributed by atoms with E-state index in [0.717, 1.165) is 18.4 Å². The molecule has 1 aromatic rings. The minimum absolute atomic E-state index is 0.120. The van der Waals surface area contributed by atoms with E-state index in [0.29, 0.717) is 31.0 Å². The number of anilines is 1. The van der Waals surface area contributed by atoms with Gasteiger partial charge in [0, 0.05) is 12.2 Å². The van der Waals surface area contributed by atoms with Gasteiger partial charge in [0.05, 0.1) is 12.3 Å². The van der Waals surface area contributed by atoms with Gasteiger partial charge in [0.15, 0.2) is 0 Å². The molecule has 2 rings (SSSR count). The lowest BCUT2D eigenvalue weighted by Gasteiger charge is -2.26. The van der Waals surface area contributed by atoms with E-state index in [2.05, 4.69) is 10.6 Å². The van der Waals surface area contributed by atoms with Crippen molar-refractivity contribution in [3.63, 3.8) is 0 Å². The molecule has 136 valence electrons. The maximum Gasteiger partial charge on any atom is 0.322 e. The number of rotatable bonds is 8. The fourth-order valence-electron chi connectivity index (χ4n) is 3.12. The number of hydrogen-bond donors (Lipinski definition) is 4. The summed E-state index contributed by atoms with van der Waals surface area (Å²) in [5.41, 5.74) is 1.39. The van der Waals surface area contributed by atoms with Crippen LogP contribution in [0, 0.1) is 11.8 Å². The topological polar surface area (TPSA) is 116 Å². The Morgan fingerprint density at radius 2 is 1.72 bits per heavy atom. The molecule has 1 aliphatic rings. The number of benzene rings is 1. The predicted molar refractivity (Wildman–Crippen MR) is 92.4 cm³/mol. The van der Waals surface area contributed by atoms with Crippen LogP contribution in [-0.4, -0.2) is 41.1 Å². The third-order valence-electron chi connectivity index (χ3n) is 4.58. The van der Waals surface area contributed by atoms with E-state index in [1.54, 1.807) is 18.2 Å². The van der Waals surface area contributed by atoms with Gasteiger partial charge < -0.3 is 20.8 Å². The summed E-state index contributed by atoms with van der Waals surface area (Å²) in [6.45, 7) is 0.349. The van der Waals surface area contributed by atoms with E-state index in [4.69, 9.17) is 10.2 Å². The van der Waals surface area contributed by atoms with E-state index in [1.807, 2.05) is 6.07 Å². The van der Waals surface area contributed by atoms with Gasteiger partial charge in [-0.3, -0.25) is 14.4 Å². The number of hydrogen-bond acceptors (Lipinski definition) is 4. The second kappa shape index (κ2) is 9.05. The van der Waals surface area contributed by atoms with Crippen LogP contribution in [-0.2, 0) is 20.8 Å². The first-order valence-corrected chi connectivity index (χ1v) is 8.48. The lowest BCUT2D eigenvalue weighted by atomic mass is 9.82. The highest BCUT2D eigenvalue weighted by Crippen LogP contribution is 2.28. The lowest BCUT2D eigenvalue weighted by Crippen LogP contribution is -2.33. The summed E-state index contributed by atoms with van der Waals surface area (Å²) in [5, 5.41) is 23.5. The molecular weight excluding hydrogens is 324 g/mol. The Morgan fingerprint density at radius 1 is 1.04 bits per heavy atom. The fraction of sp³-hybridized carbons (Fsp3) is 0.500. The number of aliphatic carboxylic acids is 2. The molecule has 0 bridgehead atoms. The van der Waals surface area contributed by atoms with Crippen LogP contribution in [0.5, 0.6) is 0 Å². The van der Waals surface area contributed by atoms with Gasteiger partial charge in [-0.05, 0) is 43.2 Å². The molecular formula is C18H24N2O5. The summed E-state index contributed by atoms with van der Waals surface area (Å²) in [7, 11) is 0. The smallest absolute Gasteiger partial charge is 0.322 e. The minimum atomic E-state index is -0.962. The van der Waals surface area contributed by atoms with Crippen LogP contribution in [0.15, 0.2) is 24.3 Å². The minimum Gasteiger partial charge on any atom is -0.481 e. The van der Waals surface area contributed by atoms with E-state index in [1.165, 1.54) is 0 Å². The first-order chi connectivity index (χ1) is 12.0. The molecule has 1 aliphatic carbocycles. The fourth-order valence-corrected chi connectivity index (χ4v) is 3.12. The van der Waals surface area contributed by atoms with Crippen LogP contribution in [0.1, 0.15) is 31.2 Å². The van der Waals surface area contributed by atoms with Crippen molar-refractivity contribution in [3.8, 4) is 0 Å². The molecule has 25 heavy (non-hydrogen) atoms. The second-order valence-corrected chi connectivity index (χ2v) is 6.44. The largest absolute Gasteiger partial charge is 0.481 e. The zero-order valence-corrected chi connectivity index (χ0v) is 14.0. The van der Waals surface area contributed by atoms with Crippen LogP contribution in [0.2, 0.25) is 0 Å². The molecule has 0 unspecified atom stereocenters. The molecule has 0 radical (unpaired) electrons. The average Bonchev–Trinajstić information content (AvgIpc) is 2.59. The highest BCUT2D eigenvalue weighted by atomic mass is 16.4. The molecule has 1 aromatic carbocycles. The van der Waals surface area contributed by atoms with Gasteiger partial charge in [-0.15, -0.1) is 0 Å². The quantitative estimate of drug-likeness (QED) is 0.569. The third kappa shape index (κ3) is 6.10. The van der Waals surface area contributed by atoms with Gasteiger partial charge in [-0.1, -0.05) is 18.2 Å². The van der Waals surface area contributed by atoms with E-state index in [9.17, 15) is 14.4 Å². The summed E-state index contributed by atoms with van der Waals surface area (Å²) in [4.78, 5) is 33.8. The molecule has 0 heterocycles. The van der Waals surface area contributed by atoms with Crippen LogP contribution in [0.4, 0.5) is 5.69 Å².